The van der Waals surface area contributed by atoms with Crippen molar-refractivity contribution >= 4 is 23.5 Å². The number of nitrogens with zero attached hydrogens (tertiary/aromatic N) is 4. The van der Waals surface area contributed by atoms with Gasteiger partial charge in [0.1, 0.15) is 11.6 Å². The fourth-order valence-corrected chi connectivity index (χ4v) is 2.67. The van der Waals surface area contributed by atoms with E-state index in [1.807, 2.05) is 6.26 Å². The molecule has 1 saturated heterocycles. The van der Waals surface area contributed by atoms with E-state index in [2.05, 4.69) is 26.3 Å². The average molecular weight is 291 g/mol. The number of piperidine rings is 1. The van der Waals surface area contributed by atoms with Crippen LogP contribution in [0, 0.1) is 17.2 Å². The first kappa shape index (κ1) is 14.6. The first-order valence-electron chi connectivity index (χ1n) is 6.47. The normalized spacial score (nSPS) is 15.8. The summed E-state index contributed by atoms with van der Waals surface area (Å²) in [5.74, 6) is 0.837. The lowest BCUT2D eigenvalue weighted by Crippen LogP contribution is -2.40. The quantitative estimate of drug-likeness (QED) is 0.662. The minimum Gasteiger partial charge on any atom is -0.359 e. The molecule has 1 amide bonds. The zero-order chi connectivity index (χ0) is 14.5. The number of nitriles is 1. The van der Waals surface area contributed by atoms with Crippen LogP contribution in [-0.2, 0) is 4.79 Å². The van der Waals surface area contributed by atoms with Gasteiger partial charge in [-0.3, -0.25) is 4.79 Å². The van der Waals surface area contributed by atoms with Crippen LogP contribution < -0.4 is 10.2 Å². The topological polar surface area (TPSA) is 81.9 Å². The molecule has 0 atom stereocenters. The van der Waals surface area contributed by atoms with Crippen LogP contribution in [0.25, 0.3) is 0 Å². The monoisotopic (exact) mass is 291 g/mol. The summed E-state index contributed by atoms with van der Waals surface area (Å²) in [5, 5.41) is 12.5. The number of aromatic nitrogens is 2. The van der Waals surface area contributed by atoms with Crippen molar-refractivity contribution in [2.75, 3.05) is 31.3 Å². The van der Waals surface area contributed by atoms with E-state index in [4.69, 9.17) is 5.26 Å². The summed E-state index contributed by atoms with van der Waals surface area (Å²) in [7, 11) is 1.66. The Hall–Kier alpha value is -1.81. The summed E-state index contributed by atoms with van der Waals surface area (Å²) in [5.41, 5.74) is 0.487. The van der Waals surface area contributed by atoms with Crippen LogP contribution in [0.5, 0.6) is 0 Å². The molecule has 6 nitrogen and oxygen atoms in total. The molecule has 0 saturated carbocycles. The largest absolute Gasteiger partial charge is 0.359 e. The van der Waals surface area contributed by atoms with E-state index < -0.39 is 0 Å². The lowest BCUT2D eigenvalue weighted by molar-refractivity contribution is -0.125. The van der Waals surface area contributed by atoms with E-state index in [0.29, 0.717) is 16.5 Å². The predicted molar refractivity (Wildman–Crippen MR) is 77.5 cm³/mol. The second-order valence-electron chi connectivity index (χ2n) is 4.58. The molecule has 1 aliphatic heterocycles. The van der Waals surface area contributed by atoms with Gasteiger partial charge in [-0.1, -0.05) is 11.8 Å². The number of nitrogens with one attached hydrogen (secondary N) is 1. The Morgan fingerprint density at radius 1 is 1.55 bits per heavy atom. The third-order valence-electron chi connectivity index (χ3n) is 3.46. The van der Waals surface area contributed by atoms with Gasteiger partial charge in [-0.2, -0.15) is 5.26 Å². The van der Waals surface area contributed by atoms with Crippen molar-refractivity contribution in [1.82, 2.24) is 15.3 Å². The second-order valence-corrected chi connectivity index (χ2v) is 5.35. The summed E-state index contributed by atoms with van der Waals surface area (Å²) in [4.78, 5) is 22.2. The van der Waals surface area contributed by atoms with Crippen molar-refractivity contribution in [2.45, 2.75) is 18.0 Å². The second kappa shape index (κ2) is 6.57. The molecular weight excluding hydrogens is 274 g/mol. The Morgan fingerprint density at radius 3 is 2.80 bits per heavy atom. The van der Waals surface area contributed by atoms with Crippen LogP contribution in [0.4, 0.5) is 5.82 Å². The maximum absolute atomic E-state index is 11.6. The van der Waals surface area contributed by atoms with Gasteiger partial charge in [-0.25, -0.2) is 9.97 Å². The van der Waals surface area contributed by atoms with Gasteiger partial charge in [0, 0.05) is 26.1 Å². The Kier molecular flexibility index (Phi) is 4.79. The van der Waals surface area contributed by atoms with Gasteiger partial charge in [0.2, 0.25) is 5.91 Å². The Bertz CT molecular complexity index is 534. The number of carbonyl (C=O) groups excluding carboxylic acids is 1. The number of thioether (sulfide) groups is 1. The minimum absolute atomic E-state index is 0.0589. The molecule has 106 valence electrons. The number of anilines is 1. The van der Waals surface area contributed by atoms with E-state index in [-0.39, 0.29) is 11.8 Å². The molecule has 1 N–H and O–H groups in total. The molecular formula is C13H17N5OS. The molecule has 0 unspecified atom stereocenters. The number of hydrogen-bond acceptors (Lipinski definition) is 6. The number of carbonyl (C=O) groups is 1. The fraction of sp³-hybridized carbons (Fsp3) is 0.538. The summed E-state index contributed by atoms with van der Waals surface area (Å²) in [6.07, 6.45) is 5.04. The van der Waals surface area contributed by atoms with Gasteiger partial charge in [-0.15, -0.1) is 0 Å². The SMILES string of the molecule is CNC(=O)C1CCN(c2nc(SC)ncc2C#N)CC1. The van der Waals surface area contributed by atoms with E-state index in [9.17, 15) is 4.79 Å². The van der Waals surface area contributed by atoms with Crippen molar-refractivity contribution in [3.63, 3.8) is 0 Å². The smallest absolute Gasteiger partial charge is 0.222 e. The van der Waals surface area contributed by atoms with Crippen LogP contribution >= 0.6 is 11.8 Å². The fourth-order valence-electron chi connectivity index (χ4n) is 2.33. The van der Waals surface area contributed by atoms with E-state index in [1.54, 1.807) is 13.2 Å². The molecule has 0 spiro atoms. The van der Waals surface area contributed by atoms with Gasteiger partial charge in [0.25, 0.3) is 0 Å². The molecule has 0 aromatic carbocycles. The van der Waals surface area contributed by atoms with Gasteiger partial charge >= 0.3 is 0 Å². The highest BCUT2D eigenvalue weighted by Gasteiger charge is 2.26. The summed E-state index contributed by atoms with van der Waals surface area (Å²) in [6.45, 7) is 1.47. The van der Waals surface area contributed by atoms with Gasteiger partial charge in [0.05, 0.1) is 6.20 Å². The molecule has 1 fully saturated rings. The molecule has 0 radical (unpaired) electrons. The first-order chi connectivity index (χ1) is 9.69. The lowest BCUT2D eigenvalue weighted by atomic mass is 9.96. The Balaban J connectivity index is 2.14. The van der Waals surface area contributed by atoms with Crippen molar-refractivity contribution < 1.29 is 4.79 Å². The molecule has 1 aromatic heterocycles. The highest BCUT2D eigenvalue weighted by Crippen LogP contribution is 2.25. The van der Waals surface area contributed by atoms with Crippen LogP contribution in [0.1, 0.15) is 18.4 Å². The minimum atomic E-state index is 0.0589. The lowest BCUT2D eigenvalue weighted by Gasteiger charge is -2.32. The third-order valence-corrected chi connectivity index (χ3v) is 4.02. The van der Waals surface area contributed by atoms with E-state index >= 15 is 0 Å². The highest BCUT2D eigenvalue weighted by molar-refractivity contribution is 7.98. The Labute approximate surface area is 122 Å². The van der Waals surface area contributed by atoms with Crippen LogP contribution in [-0.4, -0.2) is 42.3 Å². The zero-order valence-corrected chi connectivity index (χ0v) is 12.4. The van der Waals surface area contributed by atoms with E-state index in [1.165, 1.54) is 11.8 Å². The van der Waals surface area contributed by atoms with Crippen molar-refractivity contribution in [2.24, 2.45) is 5.92 Å². The highest BCUT2D eigenvalue weighted by atomic mass is 32.2. The predicted octanol–water partition coefficient (Wildman–Crippen LogP) is 1.03. The molecule has 20 heavy (non-hydrogen) atoms. The zero-order valence-electron chi connectivity index (χ0n) is 11.6. The maximum Gasteiger partial charge on any atom is 0.222 e. The molecule has 0 bridgehead atoms. The standard InChI is InChI=1S/C13H17N5OS/c1-15-12(19)9-3-5-18(6-4-9)11-10(7-14)8-16-13(17-11)20-2/h8-9H,3-6H2,1-2H3,(H,15,19). The molecule has 1 aromatic rings. The molecule has 2 rings (SSSR count). The molecule has 1 aliphatic rings. The maximum atomic E-state index is 11.6. The number of hydrogen-bond donors (Lipinski definition) is 1. The van der Waals surface area contributed by atoms with Crippen LogP contribution in [0.2, 0.25) is 0 Å². The molecule has 2 heterocycles. The van der Waals surface area contributed by atoms with Gasteiger partial charge in [-0.05, 0) is 19.1 Å². The Morgan fingerprint density at radius 2 is 2.25 bits per heavy atom. The van der Waals surface area contributed by atoms with Gasteiger partial charge in [0.15, 0.2) is 11.0 Å². The van der Waals surface area contributed by atoms with Crippen molar-refractivity contribution in [3.05, 3.63) is 11.8 Å². The summed E-state index contributed by atoms with van der Waals surface area (Å²) < 4.78 is 0. The van der Waals surface area contributed by atoms with Crippen LogP contribution in [0.15, 0.2) is 11.4 Å². The molecule has 0 aliphatic carbocycles. The average Bonchev–Trinajstić information content (AvgIpc) is 2.53. The first-order valence-corrected chi connectivity index (χ1v) is 7.69. The van der Waals surface area contributed by atoms with Crippen LogP contribution in [0.3, 0.4) is 0 Å². The summed E-state index contributed by atoms with van der Waals surface area (Å²) in [6, 6.07) is 2.13. The molecule has 7 heteroatoms. The van der Waals surface area contributed by atoms with Crippen molar-refractivity contribution in [1.29, 1.82) is 5.26 Å². The van der Waals surface area contributed by atoms with E-state index in [0.717, 1.165) is 25.9 Å². The number of rotatable bonds is 3. The summed E-state index contributed by atoms with van der Waals surface area (Å²) >= 11 is 1.45. The van der Waals surface area contributed by atoms with Crippen molar-refractivity contribution in [3.8, 4) is 6.07 Å². The third kappa shape index (κ3) is 3.02. The van der Waals surface area contributed by atoms with Gasteiger partial charge < -0.3 is 10.2 Å². The number of amides is 1.